The zero-order valence-corrected chi connectivity index (χ0v) is 18.0. The van der Waals surface area contributed by atoms with E-state index < -0.39 is 0 Å². The number of halogens is 3. The third-order valence-corrected chi connectivity index (χ3v) is 5.11. The maximum absolute atomic E-state index is 9.41. The zero-order valence-electron chi connectivity index (χ0n) is 12.5. The molecule has 3 nitrogen and oxygen atoms in total. The summed E-state index contributed by atoms with van der Waals surface area (Å²) in [6.45, 7) is 0.570. The Labute approximate surface area is 173 Å². The minimum atomic E-state index is 0. The monoisotopic (exact) mass is 536 g/mol. The van der Waals surface area contributed by atoms with Gasteiger partial charge in [0, 0.05) is 20.5 Å². The Kier molecular flexibility index (Phi) is 7.49. The molecule has 0 amide bonds. The van der Waals surface area contributed by atoms with Crippen LogP contribution in [0.4, 0.5) is 5.69 Å². The molecule has 0 aliphatic rings. The number of hydrogen-bond donors (Lipinski definition) is 1. The van der Waals surface area contributed by atoms with Crippen molar-refractivity contribution >= 4 is 68.2 Å². The normalized spacial score (nSPS) is 11.4. The Morgan fingerprint density at radius 1 is 1.17 bits per heavy atom. The highest BCUT2D eigenvalue weighted by atomic mass is 127. The quantitative estimate of drug-likeness (QED) is 0.452. The lowest BCUT2D eigenvalue weighted by Gasteiger charge is -2.07. The van der Waals surface area contributed by atoms with Gasteiger partial charge in [-0.15, -0.1) is 28.3 Å². The maximum atomic E-state index is 9.41. The molecule has 0 spiro atoms. The van der Waals surface area contributed by atoms with Crippen molar-refractivity contribution < 1.29 is 5.11 Å². The molecule has 1 aromatic heterocycles. The van der Waals surface area contributed by atoms with E-state index in [1.807, 2.05) is 28.8 Å². The molecule has 0 atom stereocenters. The molecule has 3 rings (SSSR count). The molecule has 0 aliphatic carbocycles. The summed E-state index contributed by atoms with van der Waals surface area (Å²) >= 11 is 9.87. The van der Waals surface area contributed by atoms with Gasteiger partial charge in [-0.25, -0.2) is 4.99 Å². The molecule has 0 radical (unpaired) electrons. The van der Waals surface area contributed by atoms with Crippen molar-refractivity contribution in [1.29, 1.82) is 0 Å². The van der Waals surface area contributed by atoms with Crippen LogP contribution in [0.5, 0.6) is 0 Å². The first-order chi connectivity index (χ1) is 11.2. The number of thiazole rings is 1. The predicted octanol–water partition coefficient (Wildman–Crippen LogP) is 5.28. The lowest BCUT2D eigenvalue weighted by atomic mass is 10.2. The summed E-state index contributed by atoms with van der Waals surface area (Å²) in [6.07, 6.45) is 0. The number of benzene rings is 2. The van der Waals surface area contributed by atoms with Crippen molar-refractivity contribution in [2.75, 3.05) is 6.61 Å². The van der Waals surface area contributed by atoms with Crippen molar-refractivity contribution in [3.63, 3.8) is 0 Å². The third kappa shape index (κ3) is 4.70. The first kappa shape index (κ1) is 19.7. The molecule has 2 aromatic carbocycles. The number of hydrogen-bond acceptors (Lipinski definition) is 3. The van der Waals surface area contributed by atoms with Gasteiger partial charge in [0.1, 0.15) is 0 Å². The average molecular weight is 538 g/mol. The minimum absolute atomic E-state index is 0. The fourth-order valence-electron chi connectivity index (χ4n) is 2.24. The van der Waals surface area contributed by atoms with Gasteiger partial charge in [0.2, 0.25) is 0 Å². The van der Waals surface area contributed by atoms with Crippen LogP contribution in [0.3, 0.4) is 0 Å². The number of aromatic nitrogens is 1. The van der Waals surface area contributed by atoms with E-state index in [0.717, 1.165) is 21.7 Å². The fraction of sp³-hybridized carbons (Fsp3) is 0.118. The van der Waals surface area contributed by atoms with E-state index in [1.54, 1.807) is 11.3 Å². The van der Waals surface area contributed by atoms with Crippen molar-refractivity contribution in [2.45, 2.75) is 6.54 Å². The summed E-state index contributed by atoms with van der Waals surface area (Å²) < 4.78 is 3.23. The molecule has 1 N–H and O–H groups in total. The van der Waals surface area contributed by atoms with Gasteiger partial charge >= 0.3 is 0 Å². The van der Waals surface area contributed by atoms with Crippen molar-refractivity contribution in [1.82, 2.24) is 4.57 Å². The largest absolute Gasteiger partial charge is 0.395 e. The first-order valence-corrected chi connectivity index (χ1v) is 9.36. The molecule has 126 valence electrons. The predicted molar refractivity (Wildman–Crippen MR) is 115 cm³/mol. The Morgan fingerprint density at radius 3 is 2.58 bits per heavy atom. The summed E-state index contributed by atoms with van der Waals surface area (Å²) in [5.74, 6) is 0. The maximum Gasteiger partial charge on any atom is 0.190 e. The highest BCUT2D eigenvalue weighted by Gasteiger charge is 2.08. The Morgan fingerprint density at radius 2 is 1.92 bits per heavy atom. The third-order valence-electron chi connectivity index (χ3n) is 3.29. The standard InChI is InChI=1S/C17H14ClIN2OS.BrH/c18-13-2-1-3-15(10-13)20-17-21(8-9-22)16(11-23-17)12-4-6-14(19)7-5-12;/h1-7,10-11,22H,8-9H2;1H. The summed E-state index contributed by atoms with van der Waals surface area (Å²) in [5.41, 5.74) is 2.98. The molecule has 1 heterocycles. The number of aliphatic hydroxyl groups excluding tert-OH is 1. The second kappa shape index (κ2) is 9.15. The number of nitrogens with zero attached hydrogens (tertiary/aromatic N) is 2. The van der Waals surface area contributed by atoms with Gasteiger partial charge in [-0.1, -0.05) is 29.8 Å². The molecule has 3 aromatic rings. The second-order valence-electron chi connectivity index (χ2n) is 4.88. The molecule has 0 bridgehead atoms. The van der Waals surface area contributed by atoms with Gasteiger partial charge in [-0.2, -0.15) is 0 Å². The highest BCUT2D eigenvalue weighted by molar-refractivity contribution is 14.1. The van der Waals surface area contributed by atoms with Gasteiger partial charge in [0.05, 0.1) is 18.0 Å². The molecule has 7 heteroatoms. The van der Waals surface area contributed by atoms with Crippen molar-refractivity contribution in [2.24, 2.45) is 4.99 Å². The van der Waals surface area contributed by atoms with E-state index in [1.165, 1.54) is 3.57 Å². The molecule has 24 heavy (non-hydrogen) atoms. The van der Waals surface area contributed by atoms with E-state index in [0.29, 0.717) is 11.6 Å². The zero-order chi connectivity index (χ0) is 16.2. The van der Waals surface area contributed by atoms with E-state index >= 15 is 0 Å². The smallest absolute Gasteiger partial charge is 0.190 e. The topological polar surface area (TPSA) is 37.5 Å². The molecule has 0 fully saturated rings. The van der Waals surface area contributed by atoms with Gasteiger partial charge in [-0.05, 0) is 58.5 Å². The fourth-order valence-corrected chi connectivity index (χ4v) is 3.74. The van der Waals surface area contributed by atoms with Crippen molar-refractivity contribution in [3.8, 4) is 11.3 Å². The molecular formula is C17H15BrClIN2OS. The van der Waals surface area contributed by atoms with Crippen LogP contribution in [0.25, 0.3) is 11.3 Å². The average Bonchev–Trinajstić information content (AvgIpc) is 2.91. The summed E-state index contributed by atoms with van der Waals surface area (Å²) in [4.78, 5) is 5.51. The van der Waals surface area contributed by atoms with Crippen LogP contribution < -0.4 is 4.80 Å². The SMILES string of the molecule is Br.OCCn1c(-c2ccc(I)cc2)csc1=Nc1cccc(Cl)c1. The Balaban J connectivity index is 0.00000208. The van der Waals surface area contributed by atoms with Crippen LogP contribution in [-0.2, 0) is 6.54 Å². The Hall–Kier alpha value is -0.670. The van der Waals surface area contributed by atoms with Gasteiger partial charge in [-0.3, -0.25) is 0 Å². The van der Waals surface area contributed by atoms with E-state index in [2.05, 4.69) is 57.2 Å². The van der Waals surface area contributed by atoms with Gasteiger partial charge in [0.15, 0.2) is 4.80 Å². The van der Waals surface area contributed by atoms with E-state index in [9.17, 15) is 5.11 Å². The highest BCUT2D eigenvalue weighted by Crippen LogP contribution is 2.22. The van der Waals surface area contributed by atoms with E-state index in [4.69, 9.17) is 11.6 Å². The molecule has 0 aliphatic heterocycles. The second-order valence-corrected chi connectivity index (χ2v) is 7.40. The molecule has 0 saturated carbocycles. The van der Waals surface area contributed by atoms with Gasteiger partial charge < -0.3 is 9.67 Å². The van der Waals surface area contributed by atoms with Crippen LogP contribution in [0.15, 0.2) is 58.9 Å². The first-order valence-electron chi connectivity index (χ1n) is 7.03. The number of aliphatic hydroxyl groups is 1. The van der Waals surface area contributed by atoms with Crippen LogP contribution >= 0.6 is 62.5 Å². The molecular weight excluding hydrogens is 523 g/mol. The Bertz CT molecular complexity index is 877. The van der Waals surface area contributed by atoms with Crippen LogP contribution in [0, 0.1) is 3.57 Å². The van der Waals surface area contributed by atoms with Crippen LogP contribution in [0.2, 0.25) is 5.02 Å². The molecule has 0 saturated heterocycles. The number of rotatable bonds is 4. The lowest BCUT2D eigenvalue weighted by Crippen LogP contribution is -2.17. The van der Waals surface area contributed by atoms with Gasteiger partial charge in [0.25, 0.3) is 0 Å². The lowest BCUT2D eigenvalue weighted by molar-refractivity contribution is 0.275. The van der Waals surface area contributed by atoms with Crippen LogP contribution in [0.1, 0.15) is 0 Å². The van der Waals surface area contributed by atoms with Crippen LogP contribution in [-0.4, -0.2) is 16.3 Å². The van der Waals surface area contributed by atoms with E-state index in [-0.39, 0.29) is 23.6 Å². The summed E-state index contributed by atoms with van der Waals surface area (Å²) in [5, 5.41) is 12.1. The minimum Gasteiger partial charge on any atom is -0.395 e. The molecule has 0 unspecified atom stereocenters. The van der Waals surface area contributed by atoms with Crippen molar-refractivity contribution in [3.05, 3.63) is 67.3 Å². The summed E-state index contributed by atoms with van der Waals surface area (Å²) in [6, 6.07) is 15.8. The summed E-state index contributed by atoms with van der Waals surface area (Å²) in [7, 11) is 0.